The van der Waals surface area contributed by atoms with E-state index in [1.54, 1.807) is 18.3 Å². The zero-order valence-corrected chi connectivity index (χ0v) is 15.4. The summed E-state index contributed by atoms with van der Waals surface area (Å²) in [5, 5.41) is 11.3. The largest absolute Gasteiger partial charge is 0.419 e. The molecule has 3 aromatic rings. The second-order valence-electron chi connectivity index (χ2n) is 7.74. The van der Waals surface area contributed by atoms with E-state index in [0.717, 1.165) is 38.1 Å². The lowest BCUT2D eigenvalue weighted by atomic mass is 9.94. The number of alkyl halides is 3. The maximum Gasteiger partial charge on any atom is 0.419 e. The molecule has 2 N–H and O–H groups in total. The van der Waals surface area contributed by atoms with Crippen LogP contribution in [0.3, 0.4) is 0 Å². The lowest BCUT2D eigenvalue weighted by Crippen LogP contribution is -2.45. The Bertz CT molecular complexity index is 1040. The Labute approximate surface area is 164 Å². The molecule has 1 unspecified atom stereocenters. The first-order valence-electron chi connectivity index (χ1n) is 9.60. The van der Waals surface area contributed by atoms with E-state index in [4.69, 9.17) is 0 Å². The number of hydrogen-bond acceptors (Lipinski definition) is 4. The smallest absolute Gasteiger partial charge is 0.350 e. The number of benzene rings is 1. The Morgan fingerprint density at radius 2 is 1.86 bits per heavy atom. The number of anilines is 1. The van der Waals surface area contributed by atoms with Gasteiger partial charge in [-0.3, -0.25) is 0 Å². The predicted octanol–water partition coefficient (Wildman–Crippen LogP) is 3.96. The van der Waals surface area contributed by atoms with Gasteiger partial charge in [-0.25, -0.2) is 8.91 Å². The van der Waals surface area contributed by atoms with Crippen LogP contribution >= 0.6 is 0 Å². The summed E-state index contributed by atoms with van der Waals surface area (Å²) in [6.07, 6.45) is -0.754. The van der Waals surface area contributed by atoms with Crippen LogP contribution in [0.1, 0.15) is 18.4 Å². The molecule has 1 saturated heterocycles. The van der Waals surface area contributed by atoms with E-state index in [1.807, 2.05) is 0 Å². The van der Waals surface area contributed by atoms with E-state index in [9.17, 15) is 17.6 Å². The minimum atomic E-state index is -4.76. The first-order chi connectivity index (χ1) is 13.9. The summed E-state index contributed by atoms with van der Waals surface area (Å²) in [6.45, 7) is 1.92. The van der Waals surface area contributed by atoms with E-state index in [1.165, 1.54) is 10.6 Å². The van der Waals surface area contributed by atoms with Gasteiger partial charge in [0.25, 0.3) is 0 Å². The van der Waals surface area contributed by atoms with Gasteiger partial charge in [-0.2, -0.15) is 18.2 Å². The molecule has 0 spiro atoms. The molecule has 9 heteroatoms. The van der Waals surface area contributed by atoms with Crippen LogP contribution in [0.15, 0.2) is 36.5 Å². The van der Waals surface area contributed by atoms with Gasteiger partial charge in [0.1, 0.15) is 5.82 Å². The Kier molecular flexibility index (Phi) is 4.23. The van der Waals surface area contributed by atoms with Crippen molar-refractivity contribution in [1.82, 2.24) is 19.9 Å². The van der Waals surface area contributed by atoms with Crippen molar-refractivity contribution in [3.63, 3.8) is 0 Å². The molecule has 3 heterocycles. The molecule has 0 amide bonds. The quantitative estimate of drug-likeness (QED) is 0.648. The van der Waals surface area contributed by atoms with E-state index in [-0.39, 0.29) is 5.56 Å². The molecule has 1 saturated carbocycles. The summed E-state index contributed by atoms with van der Waals surface area (Å²) in [7, 11) is 0. The SMILES string of the molecule is Fc1ccc(-c2cccn3nc(N[C@@H]4C5CC[C@H]4CNC5)nc23)cc1C(F)(F)F. The molecule has 1 aromatic carbocycles. The fraction of sp³-hybridized carbons (Fsp3) is 0.400. The molecule has 2 fully saturated rings. The third kappa shape index (κ3) is 3.23. The second-order valence-corrected chi connectivity index (χ2v) is 7.74. The van der Waals surface area contributed by atoms with Crippen molar-refractivity contribution in [2.45, 2.75) is 25.1 Å². The van der Waals surface area contributed by atoms with Gasteiger partial charge in [0.15, 0.2) is 5.65 Å². The van der Waals surface area contributed by atoms with Gasteiger partial charge in [0.2, 0.25) is 5.95 Å². The lowest BCUT2D eigenvalue weighted by Gasteiger charge is -2.30. The fourth-order valence-corrected chi connectivity index (χ4v) is 4.57. The molecule has 2 aliphatic rings. The van der Waals surface area contributed by atoms with Crippen molar-refractivity contribution in [3.05, 3.63) is 47.9 Å². The molecular weight excluding hydrogens is 386 g/mol. The molecule has 3 atom stereocenters. The van der Waals surface area contributed by atoms with Crippen molar-refractivity contribution in [2.24, 2.45) is 11.8 Å². The average Bonchev–Trinajstić information content (AvgIpc) is 3.17. The van der Waals surface area contributed by atoms with Crippen molar-refractivity contribution < 1.29 is 17.6 Å². The monoisotopic (exact) mass is 405 g/mol. The molecular formula is C20H19F4N5. The minimum absolute atomic E-state index is 0.241. The summed E-state index contributed by atoms with van der Waals surface area (Å²) in [4.78, 5) is 4.54. The summed E-state index contributed by atoms with van der Waals surface area (Å²) in [5.41, 5.74) is -0.158. The maximum absolute atomic E-state index is 13.7. The third-order valence-electron chi connectivity index (χ3n) is 5.98. The standard InChI is InChI=1S/C20H19F4N5/c21-16-6-5-11(8-15(16)20(22,23)24)14-2-1-7-29-18(14)27-19(28-29)26-17-12-3-4-13(17)10-25-9-12/h1-2,5-8,12-13,17,25H,3-4,9-10H2,(H,26,28)/t12-,13?,17-/m0/s1. The highest BCUT2D eigenvalue weighted by atomic mass is 19.4. The molecule has 5 rings (SSSR count). The van der Waals surface area contributed by atoms with E-state index in [0.29, 0.717) is 35.0 Å². The third-order valence-corrected chi connectivity index (χ3v) is 5.98. The van der Waals surface area contributed by atoms with Crippen LogP contribution in [0, 0.1) is 17.7 Å². The number of halogens is 4. The zero-order valence-electron chi connectivity index (χ0n) is 15.4. The maximum atomic E-state index is 13.7. The van der Waals surface area contributed by atoms with Gasteiger partial charge in [-0.05, 0) is 67.6 Å². The number of aromatic nitrogens is 3. The highest BCUT2D eigenvalue weighted by Gasteiger charge is 2.39. The summed E-state index contributed by atoms with van der Waals surface area (Å²) in [6, 6.07) is 6.62. The van der Waals surface area contributed by atoms with Gasteiger partial charge >= 0.3 is 6.18 Å². The molecule has 1 aliphatic carbocycles. The Hall–Kier alpha value is -2.68. The second kappa shape index (κ2) is 6.69. The molecule has 0 radical (unpaired) electrons. The van der Waals surface area contributed by atoms with Crippen LogP contribution in [0.2, 0.25) is 0 Å². The Morgan fingerprint density at radius 3 is 2.59 bits per heavy atom. The number of rotatable bonds is 3. The molecule has 5 nitrogen and oxygen atoms in total. The molecule has 2 aromatic heterocycles. The summed E-state index contributed by atoms with van der Waals surface area (Å²) in [5.74, 6) is 0.204. The van der Waals surface area contributed by atoms with Gasteiger partial charge in [0.05, 0.1) is 5.56 Å². The first kappa shape index (κ1) is 18.4. The summed E-state index contributed by atoms with van der Waals surface area (Å²) >= 11 is 0. The predicted molar refractivity (Wildman–Crippen MR) is 99.9 cm³/mol. The van der Waals surface area contributed by atoms with Crippen LogP contribution < -0.4 is 10.6 Å². The van der Waals surface area contributed by atoms with Crippen molar-refractivity contribution in [3.8, 4) is 11.1 Å². The number of nitrogens with zero attached hydrogens (tertiary/aromatic N) is 3. The number of piperidine rings is 1. The highest BCUT2D eigenvalue weighted by molar-refractivity contribution is 5.78. The normalized spacial score (nSPS) is 24.2. The van der Waals surface area contributed by atoms with Crippen LogP contribution in [0.25, 0.3) is 16.8 Å². The zero-order chi connectivity index (χ0) is 20.2. The molecule has 1 aliphatic heterocycles. The van der Waals surface area contributed by atoms with Crippen LogP contribution in [0.5, 0.6) is 0 Å². The van der Waals surface area contributed by atoms with Crippen molar-refractivity contribution in [2.75, 3.05) is 18.4 Å². The van der Waals surface area contributed by atoms with E-state index < -0.39 is 17.6 Å². The number of fused-ring (bicyclic) bond motifs is 3. The van der Waals surface area contributed by atoms with E-state index >= 15 is 0 Å². The van der Waals surface area contributed by atoms with Crippen LogP contribution in [-0.4, -0.2) is 33.7 Å². The summed E-state index contributed by atoms with van der Waals surface area (Å²) < 4.78 is 54.6. The Balaban J connectivity index is 1.52. The molecule has 152 valence electrons. The van der Waals surface area contributed by atoms with Gasteiger partial charge in [-0.1, -0.05) is 6.07 Å². The Morgan fingerprint density at radius 1 is 1.10 bits per heavy atom. The lowest BCUT2D eigenvalue weighted by molar-refractivity contribution is -0.139. The van der Waals surface area contributed by atoms with Gasteiger partial charge in [0, 0.05) is 17.8 Å². The number of nitrogens with one attached hydrogen (secondary N) is 2. The van der Waals surface area contributed by atoms with Crippen molar-refractivity contribution >= 4 is 11.6 Å². The van der Waals surface area contributed by atoms with Crippen molar-refractivity contribution in [1.29, 1.82) is 0 Å². The highest BCUT2D eigenvalue weighted by Crippen LogP contribution is 2.37. The van der Waals surface area contributed by atoms with E-state index in [2.05, 4.69) is 20.7 Å². The minimum Gasteiger partial charge on any atom is -0.350 e. The van der Waals surface area contributed by atoms with Gasteiger partial charge in [-0.15, -0.1) is 5.10 Å². The van der Waals surface area contributed by atoms with Gasteiger partial charge < -0.3 is 10.6 Å². The van der Waals surface area contributed by atoms with Crippen LogP contribution in [0.4, 0.5) is 23.5 Å². The van der Waals surface area contributed by atoms with Crippen LogP contribution in [-0.2, 0) is 6.18 Å². The molecule has 29 heavy (non-hydrogen) atoms. The number of hydrogen-bond donors (Lipinski definition) is 2. The number of pyridine rings is 1. The first-order valence-corrected chi connectivity index (χ1v) is 9.60. The topological polar surface area (TPSA) is 54.2 Å². The average molecular weight is 405 g/mol. The fourth-order valence-electron chi connectivity index (χ4n) is 4.57. The molecule has 2 bridgehead atoms.